The molecule has 0 fully saturated rings. The molecule has 19 heavy (non-hydrogen) atoms. The molecule has 2 aromatic rings. The van der Waals surface area contributed by atoms with Crippen LogP contribution in [0.1, 0.15) is 15.9 Å². The summed E-state index contributed by atoms with van der Waals surface area (Å²) in [6, 6.07) is 7.14. The van der Waals surface area contributed by atoms with Crippen LogP contribution in [-0.2, 0) is 6.54 Å². The Morgan fingerprint density at radius 1 is 1.37 bits per heavy atom. The minimum atomic E-state index is -0.148. The average Bonchev–Trinajstić information content (AvgIpc) is 2.47. The van der Waals surface area contributed by atoms with Gasteiger partial charge in [-0.3, -0.25) is 9.78 Å². The number of rotatable bonds is 4. The Bertz CT molecular complexity index is 558. The summed E-state index contributed by atoms with van der Waals surface area (Å²) >= 11 is 0. The summed E-state index contributed by atoms with van der Waals surface area (Å²) in [5.74, 6) is 5.57. The molecule has 0 aliphatic carbocycles. The van der Waals surface area contributed by atoms with Gasteiger partial charge >= 0.3 is 0 Å². The van der Waals surface area contributed by atoms with Crippen molar-refractivity contribution in [3.63, 3.8) is 0 Å². The van der Waals surface area contributed by atoms with Crippen molar-refractivity contribution >= 4 is 11.7 Å². The SMILES string of the molecule is CN(Cc1cccnc1)C(=O)c1cccnc1NN. The molecule has 0 unspecified atom stereocenters. The van der Waals surface area contributed by atoms with Crippen molar-refractivity contribution in [1.82, 2.24) is 14.9 Å². The summed E-state index contributed by atoms with van der Waals surface area (Å²) in [5.41, 5.74) is 3.83. The molecular formula is C13H15N5O. The Balaban J connectivity index is 2.15. The number of hydrogen-bond donors (Lipinski definition) is 2. The van der Waals surface area contributed by atoms with Crippen molar-refractivity contribution in [3.05, 3.63) is 54.0 Å². The number of nitrogens with zero attached hydrogens (tertiary/aromatic N) is 3. The van der Waals surface area contributed by atoms with E-state index >= 15 is 0 Å². The van der Waals surface area contributed by atoms with Crippen LogP contribution in [0, 0.1) is 0 Å². The number of carbonyl (C=O) groups excluding carboxylic acids is 1. The van der Waals surface area contributed by atoms with E-state index in [2.05, 4.69) is 15.4 Å². The van der Waals surface area contributed by atoms with Crippen molar-refractivity contribution < 1.29 is 4.79 Å². The zero-order chi connectivity index (χ0) is 13.7. The lowest BCUT2D eigenvalue weighted by Gasteiger charge is -2.18. The first kappa shape index (κ1) is 13.0. The van der Waals surface area contributed by atoms with Crippen LogP contribution in [0.25, 0.3) is 0 Å². The molecule has 0 radical (unpaired) electrons. The number of hydrogen-bond acceptors (Lipinski definition) is 5. The maximum atomic E-state index is 12.3. The fourth-order valence-electron chi connectivity index (χ4n) is 1.74. The summed E-state index contributed by atoms with van der Waals surface area (Å²) in [6.45, 7) is 0.478. The third kappa shape index (κ3) is 3.05. The first-order valence-corrected chi connectivity index (χ1v) is 5.78. The minimum Gasteiger partial charge on any atom is -0.337 e. The highest BCUT2D eigenvalue weighted by Gasteiger charge is 2.16. The van der Waals surface area contributed by atoms with Gasteiger partial charge in [-0.05, 0) is 23.8 Å². The fourth-order valence-corrected chi connectivity index (χ4v) is 1.74. The van der Waals surface area contributed by atoms with Gasteiger partial charge in [0.15, 0.2) is 5.82 Å². The lowest BCUT2D eigenvalue weighted by molar-refractivity contribution is 0.0785. The van der Waals surface area contributed by atoms with Crippen molar-refractivity contribution in [2.24, 2.45) is 5.84 Å². The van der Waals surface area contributed by atoms with E-state index in [0.717, 1.165) is 5.56 Å². The van der Waals surface area contributed by atoms with Crippen LogP contribution in [-0.4, -0.2) is 27.8 Å². The van der Waals surface area contributed by atoms with Crippen molar-refractivity contribution in [2.75, 3.05) is 12.5 Å². The van der Waals surface area contributed by atoms with Crippen LogP contribution in [0.2, 0.25) is 0 Å². The van der Waals surface area contributed by atoms with Crippen LogP contribution < -0.4 is 11.3 Å². The largest absolute Gasteiger partial charge is 0.337 e. The van der Waals surface area contributed by atoms with Gasteiger partial charge in [0.25, 0.3) is 5.91 Å². The number of nitrogen functional groups attached to an aromatic ring is 1. The third-order valence-corrected chi connectivity index (χ3v) is 2.66. The molecule has 3 N–H and O–H groups in total. The fraction of sp³-hybridized carbons (Fsp3) is 0.154. The zero-order valence-electron chi connectivity index (χ0n) is 10.6. The van der Waals surface area contributed by atoms with E-state index in [1.807, 2.05) is 12.1 Å². The maximum absolute atomic E-state index is 12.3. The lowest BCUT2D eigenvalue weighted by Crippen LogP contribution is -2.28. The number of amides is 1. The van der Waals surface area contributed by atoms with Gasteiger partial charge in [0.05, 0.1) is 5.56 Å². The molecule has 6 heteroatoms. The van der Waals surface area contributed by atoms with Gasteiger partial charge in [0.1, 0.15) is 0 Å². The molecule has 6 nitrogen and oxygen atoms in total. The van der Waals surface area contributed by atoms with Gasteiger partial charge in [-0.1, -0.05) is 6.07 Å². The number of nitrogens with one attached hydrogen (secondary N) is 1. The van der Waals surface area contributed by atoms with Gasteiger partial charge < -0.3 is 10.3 Å². The normalized spacial score (nSPS) is 10.0. The third-order valence-electron chi connectivity index (χ3n) is 2.66. The van der Waals surface area contributed by atoms with Crippen LogP contribution in [0.4, 0.5) is 5.82 Å². The Morgan fingerprint density at radius 3 is 2.84 bits per heavy atom. The monoisotopic (exact) mass is 257 g/mol. The predicted octanol–water partition coefficient (Wildman–Crippen LogP) is 1.03. The Labute approximate surface area is 111 Å². The highest BCUT2D eigenvalue weighted by atomic mass is 16.2. The van der Waals surface area contributed by atoms with Crippen LogP contribution in [0.5, 0.6) is 0 Å². The number of pyridine rings is 2. The van der Waals surface area contributed by atoms with Gasteiger partial charge in [0.2, 0.25) is 0 Å². The van der Waals surface area contributed by atoms with Gasteiger partial charge in [-0.15, -0.1) is 0 Å². The van der Waals surface area contributed by atoms with Gasteiger partial charge in [0, 0.05) is 32.2 Å². The summed E-state index contributed by atoms with van der Waals surface area (Å²) in [7, 11) is 1.72. The van der Waals surface area contributed by atoms with E-state index < -0.39 is 0 Å². The van der Waals surface area contributed by atoms with Gasteiger partial charge in [-0.2, -0.15) is 0 Å². The molecule has 2 aromatic heterocycles. The van der Waals surface area contributed by atoms with Gasteiger partial charge in [-0.25, -0.2) is 10.8 Å². The molecule has 0 aliphatic heterocycles. The molecular weight excluding hydrogens is 242 g/mol. The molecule has 0 aromatic carbocycles. The highest BCUT2D eigenvalue weighted by Crippen LogP contribution is 2.13. The van der Waals surface area contributed by atoms with Crippen molar-refractivity contribution in [3.8, 4) is 0 Å². The number of carbonyl (C=O) groups is 1. The molecule has 0 saturated carbocycles. The molecule has 0 atom stereocenters. The molecule has 0 saturated heterocycles. The van der Waals surface area contributed by atoms with Crippen LogP contribution in [0.15, 0.2) is 42.9 Å². The molecule has 0 bridgehead atoms. The smallest absolute Gasteiger partial charge is 0.257 e. The maximum Gasteiger partial charge on any atom is 0.257 e. The summed E-state index contributed by atoms with van der Waals surface area (Å²) in [6.07, 6.45) is 5.01. The average molecular weight is 257 g/mol. The quantitative estimate of drug-likeness (QED) is 0.631. The van der Waals surface area contributed by atoms with Crippen molar-refractivity contribution in [1.29, 1.82) is 0 Å². The first-order chi connectivity index (χ1) is 9.22. The number of aromatic nitrogens is 2. The van der Waals surface area contributed by atoms with E-state index in [0.29, 0.717) is 17.9 Å². The van der Waals surface area contributed by atoms with E-state index in [-0.39, 0.29) is 5.91 Å². The van der Waals surface area contributed by atoms with Crippen molar-refractivity contribution in [2.45, 2.75) is 6.54 Å². The summed E-state index contributed by atoms with van der Waals surface area (Å²) in [5, 5.41) is 0. The highest BCUT2D eigenvalue weighted by molar-refractivity contribution is 5.98. The predicted molar refractivity (Wildman–Crippen MR) is 72.1 cm³/mol. The number of hydrazine groups is 1. The Kier molecular flexibility index (Phi) is 4.04. The second-order valence-corrected chi connectivity index (χ2v) is 4.07. The Hall–Kier alpha value is -2.47. The van der Waals surface area contributed by atoms with Crippen LogP contribution >= 0.6 is 0 Å². The second-order valence-electron chi connectivity index (χ2n) is 4.07. The number of anilines is 1. The minimum absolute atomic E-state index is 0.148. The topological polar surface area (TPSA) is 84.1 Å². The number of nitrogens with two attached hydrogens (primary N) is 1. The molecule has 98 valence electrons. The summed E-state index contributed by atoms with van der Waals surface area (Å²) in [4.78, 5) is 21.9. The van der Waals surface area contributed by atoms with Crippen LogP contribution in [0.3, 0.4) is 0 Å². The van der Waals surface area contributed by atoms with E-state index in [9.17, 15) is 4.79 Å². The van der Waals surface area contributed by atoms with E-state index in [1.54, 1.807) is 42.7 Å². The lowest BCUT2D eigenvalue weighted by atomic mass is 10.2. The standard InChI is InChI=1S/C13H15N5O/c1-18(9-10-4-2-6-15-8-10)13(19)11-5-3-7-16-12(11)17-14/h2-8H,9,14H2,1H3,(H,16,17). The second kappa shape index (κ2) is 5.92. The Morgan fingerprint density at radius 2 is 2.16 bits per heavy atom. The first-order valence-electron chi connectivity index (χ1n) is 5.78. The molecule has 0 spiro atoms. The zero-order valence-corrected chi connectivity index (χ0v) is 10.6. The summed E-state index contributed by atoms with van der Waals surface area (Å²) < 4.78 is 0. The molecule has 0 aliphatic rings. The molecule has 1 amide bonds. The molecule has 2 heterocycles. The van der Waals surface area contributed by atoms with E-state index in [4.69, 9.17) is 5.84 Å². The molecule has 2 rings (SSSR count). The van der Waals surface area contributed by atoms with E-state index in [1.165, 1.54) is 0 Å².